The zero-order valence-electron chi connectivity index (χ0n) is 13.8. The molecule has 1 aliphatic heterocycles. The highest BCUT2D eigenvalue weighted by Gasteiger charge is 2.30. The third-order valence-electron chi connectivity index (χ3n) is 4.42. The SMILES string of the molecule is O=C(c1cc(=O)[nH]c2ccccc12)N1CCC(Oc2ncccc2Br)C1. The van der Waals surface area contributed by atoms with E-state index in [2.05, 4.69) is 25.9 Å². The van der Waals surface area contributed by atoms with Gasteiger partial charge < -0.3 is 14.6 Å². The van der Waals surface area contributed by atoms with Gasteiger partial charge in [-0.15, -0.1) is 0 Å². The van der Waals surface area contributed by atoms with E-state index in [1.807, 2.05) is 30.3 Å². The van der Waals surface area contributed by atoms with Crippen molar-refractivity contribution in [2.45, 2.75) is 12.5 Å². The van der Waals surface area contributed by atoms with Gasteiger partial charge in [0.2, 0.25) is 11.4 Å². The molecule has 0 radical (unpaired) electrons. The summed E-state index contributed by atoms with van der Waals surface area (Å²) in [6.07, 6.45) is 2.26. The summed E-state index contributed by atoms with van der Waals surface area (Å²) in [5.74, 6) is 0.367. The number of nitrogens with zero attached hydrogens (tertiary/aromatic N) is 2. The lowest BCUT2D eigenvalue weighted by Gasteiger charge is -2.18. The highest BCUT2D eigenvalue weighted by Crippen LogP contribution is 2.25. The summed E-state index contributed by atoms with van der Waals surface area (Å²) in [7, 11) is 0. The fourth-order valence-corrected chi connectivity index (χ4v) is 3.53. The maximum Gasteiger partial charge on any atom is 0.254 e. The van der Waals surface area contributed by atoms with Crippen LogP contribution in [0.2, 0.25) is 0 Å². The largest absolute Gasteiger partial charge is 0.472 e. The molecule has 4 rings (SSSR count). The molecule has 1 aromatic carbocycles. The van der Waals surface area contributed by atoms with Crippen LogP contribution in [0.3, 0.4) is 0 Å². The molecule has 7 heteroatoms. The van der Waals surface area contributed by atoms with Crippen molar-refractivity contribution in [2.24, 2.45) is 0 Å². The third-order valence-corrected chi connectivity index (χ3v) is 5.02. The summed E-state index contributed by atoms with van der Waals surface area (Å²) in [5, 5.41) is 0.744. The number of carbonyl (C=O) groups is 1. The number of amides is 1. The Balaban J connectivity index is 1.55. The molecule has 1 atom stereocenters. The number of para-hydroxylation sites is 1. The van der Waals surface area contributed by atoms with E-state index < -0.39 is 0 Å². The molecule has 1 aliphatic rings. The lowest BCUT2D eigenvalue weighted by molar-refractivity contribution is 0.0772. The normalized spacial score (nSPS) is 16.8. The van der Waals surface area contributed by atoms with E-state index in [1.54, 1.807) is 17.2 Å². The third kappa shape index (κ3) is 3.22. The number of likely N-dealkylation sites (tertiary alicyclic amines) is 1. The van der Waals surface area contributed by atoms with Gasteiger partial charge in [0.1, 0.15) is 6.10 Å². The Bertz CT molecular complexity index is 1030. The molecular weight excluding hydrogens is 398 g/mol. The number of aromatic amines is 1. The summed E-state index contributed by atoms with van der Waals surface area (Å²) < 4.78 is 6.70. The number of aromatic nitrogens is 2. The van der Waals surface area contributed by atoms with Crippen molar-refractivity contribution in [3.05, 3.63) is 69.1 Å². The molecule has 0 aliphatic carbocycles. The smallest absolute Gasteiger partial charge is 0.254 e. The molecule has 2 aromatic heterocycles. The molecule has 1 amide bonds. The fraction of sp³-hybridized carbons (Fsp3) is 0.211. The summed E-state index contributed by atoms with van der Waals surface area (Å²) in [5.41, 5.74) is 0.799. The number of carbonyl (C=O) groups excluding carboxylic acids is 1. The quantitative estimate of drug-likeness (QED) is 0.715. The first-order valence-corrected chi connectivity index (χ1v) is 9.09. The second-order valence-electron chi connectivity index (χ2n) is 6.16. The van der Waals surface area contributed by atoms with E-state index >= 15 is 0 Å². The molecule has 0 saturated carbocycles. The molecule has 1 unspecified atom stereocenters. The van der Waals surface area contributed by atoms with E-state index in [4.69, 9.17) is 4.74 Å². The molecule has 3 heterocycles. The Kier molecular flexibility index (Phi) is 4.46. The van der Waals surface area contributed by atoms with Crippen LogP contribution in [0.5, 0.6) is 5.88 Å². The minimum atomic E-state index is -0.281. The average molecular weight is 414 g/mol. The van der Waals surface area contributed by atoms with E-state index in [9.17, 15) is 9.59 Å². The summed E-state index contributed by atoms with van der Waals surface area (Å²) in [6, 6.07) is 12.4. The first-order chi connectivity index (χ1) is 12.6. The van der Waals surface area contributed by atoms with Gasteiger partial charge in [-0.1, -0.05) is 18.2 Å². The van der Waals surface area contributed by atoms with Crippen LogP contribution in [0.15, 0.2) is 57.9 Å². The number of H-pyrrole nitrogens is 1. The Morgan fingerprint density at radius 3 is 2.96 bits per heavy atom. The van der Waals surface area contributed by atoms with Crippen LogP contribution in [0, 0.1) is 0 Å². The van der Waals surface area contributed by atoms with Crippen molar-refractivity contribution in [3.8, 4) is 5.88 Å². The molecule has 1 fully saturated rings. The van der Waals surface area contributed by atoms with Gasteiger partial charge >= 0.3 is 0 Å². The summed E-state index contributed by atoms with van der Waals surface area (Å²) in [4.78, 5) is 33.6. The van der Waals surface area contributed by atoms with Gasteiger partial charge in [0.25, 0.3) is 5.91 Å². The Morgan fingerprint density at radius 1 is 1.27 bits per heavy atom. The number of benzene rings is 1. The number of hydrogen-bond donors (Lipinski definition) is 1. The van der Waals surface area contributed by atoms with Gasteiger partial charge in [-0.25, -0.2) is 4.98 Å². The van der Waals surface area contributed by atoms with Crippen LogP contribution in [0.4, 0.5) is 0 Å². The highest BCUT2D eigenvalue weighted by atomic mass is 79.9. The number of halogens is 1. The van der Waals surface area contributed by atoms with Gasteiger partial charge in [-0.05, 0) is 34.1 Å². The molecule has 1 N–H and O–H groups in total. The minimum absolute atomic E-state index is 0.126. The number of hydrogen-bond acceptors (Lipinski definition) is 4. The predicted molar refractivity (Wildman–Crippen MR) is 101 cm³/mol. The molecular formula is C19H16BrN3O3. The summed E-state index contributed by atoms with van der Waals surface area (Å²) in [6.45, 7) is 1.04. The first-order valence-electron chi connectivity index (χ1n) is 8.30. The average Bonchev–Trinajstić information content (AvgIpc) is 3.11. The highest BCUT2D eigenvalue weighted by molar-refractivity contribution is 9.10. The van der Waals surface area contributed by atoms with Crippen molar-refractivity contribution < 1.29 is 9.53 Å². The zero-order valence-corrected chi connectivity index (χ0v) is 15.4. The molecule has 26 heavy (non-hydrogen) atoms. The molecule has 1 saturated heterocycles. The van der Waals surface area contributed by atoms with Gasteiger partial charge in [-0.2, -0.15) is 0 Å². The van der Waals surface area contributed by atoms with Crippen LogP contribution in [-0.2, 0) is 0 Å². The zero-order chi connectivity index (χ0) is 18.1. The maximum absolute atomic E-state index is 13.0. The first kappa shape index (κ1) is 16.8. The number of rotatable bonds is 3. The Labute approximate surface area is 157 Å². The standard InChI is InChI=1S/C19H16BrN3O3/c20-15-5-3-8-21-18(15)26-12-7-9-23(11-12)19(25)14-10-17(24)22-16-6-2-1-4-13(14)16/h1-6,8,10,12H,7,9,11H2,(H,22,24). The van der Waals surface area contributed by atoms with Crippen LogP contribution in [-0.4, -0.2) is 40.0 Å². The molecule has 3 aromatic rings. The lowest BCUT2D eigenvalue weighted by Crippen LogP contribution is -2.32. The van der Waals surface area contributed by atoms with E-state index in [1.165, 1.54) is 6.07 Å². The molecule has 132 valence electrons. The minimum Gasteiger partial charge on any atom is -0.472 e. The van der Waals surface area contributed by atoms with Crippen LogP contribution >= 0.6 is 15.9 Å². The van der Waals surface area contributed by atoms with Gasteiger partial charge in [-0.3, -0.25) is 9.59 Å². The number of nitrogens with one attached hydrogen (secondary N) is 1. The molecule has 0 bridgehead atoms. The number of fused-ring (bicyclic) bond motifs is 1. The van der Waals surface area contributed by atoms with E-state index in [0.717, 1.165) is 16.3 Å². The number of pyridine rings is 2. The molecule has 6 nitrogen and oxygen atoms in total. The predicted octanol–water partition coefficient (Wildman–Crippen LogP) is 2.98. The van der Waals surface area contributed by atoms with Crippen LogP contribution in [0.1, 0.15) is 16.8 Å². The van der Waals surface area contributed by atoms with Crippen molar-refractivity contribution in [1.82, 2.24) is 14.9 Å². The molecule has 0 spiro atoms. The Hall–Kier alpha value is -2.67. The van der Waals surface area contributed by atoms with E-state index in [0.29, 0.717) is 30.0 Å². The van der Waals surface area contributed by atoms with Gasteiger partial charge in [0, 0.05) is 36.1 Å². The van der Waals surface area contributed by atoms with E-state index in [-0.39, 0.29) is 17.6 Å². The Morgan fingerprint density at radius 2 is 2.12 bits per heavy atom. The monoisotopic (exact) mass is 413 g/mol. The van der Waals surface area contributed by atoms with Crippen molar-refractivity contribution in [1.29, 1.82) is 0 Å². The topological polar surface area (TPSA) is 75.3 Å². The van der Waals surface area contributed by atoms with Crippen molar-refractivity contribution >= 4 is 32.7 Å². The fourth-order valence-electron chi connectivity index (χ4n) is 3.18. The van der Waals surface area contributed by atoms with Crippen molar-refractivity contribution in [2.75, 3.05) is 13.1 Å². The lowest BCUT2D eigenvalue weighted by atomic mass is 10.1. The van der Waals surface area contributed by atoms with Crippen LogP contribution < -0.4 is 10.3 Å². The number of ether oxygens (including phenoxy) is 1. The van der Waals surface area contributed by atoms with Crippen LogP contribution in [0.25, 0.3) is 10.9 Å². The second-order valence-corrected chi connectivity index (χ2v) is 7.02. The second kappa shape index (κ2) is 6.92. The van der Waals surface area contributed by atoms with Crippen molar-refractivity contribution in [3.63, 3.8) is 0 Å². The summed E-state index contributed by atoms with van der Waals surface area (Å²) >= 11 is 3.41. The van der Waals surface area contributed by atoms with Gasteiger partial charge in [0.15, 0.2) is 0 Å². The maximum atomic E-state index is 13.0. The van der Waals surface area contributed by atoms with Gasteiger partial charge in [0.05, 0.1) is 16.6 Å².